The van der Waals surface area contributed by atoms with Gasteiger partial charge in [-0.1, -0.05) is 36.4 Å². The van der Waals surface area contributed by atoms with Gasteiger partial charge in [0.2, 0.25) is 0 Å². The first kappa shape index (κ1) is 14.4. The minimum absolute atomic E-state index is 0.377. The Morgan fingerprint density at radius 1 is 1.39 bits per heavy atom. The summed E-state index contributed by atoms with van der Waals surface area (Å²) in [5, 5.41) is 0. The van der Waals surface area contributed by atoms with Crippen LogP contribution >= 0.6 is 28.5 Å². The zero-order valence-electron chi connectivity index (χ0n) is 10.4. The lowest BCUT2D eigenvalue weighted by molar-refractivity contribution is 0.198. The van der Waals surface area contributed by atoms with Crippen molar-refractivity contribution in [2.75, 3.05) is 13.1 Å². The van der Waals surface area contributed by atoms with E-state index in [9.17, 15) is 0 Å². The molecule has 0 radical (unpaired) electrons. The molecule has 4 heteroatoms. The SMILES string of the molecule is C=CCC1CN(Cc2ccccc2)CC1OPI. The minimum atomic E-state index is 0.377. The monoisotopic (exact) mass is 375 g/mol. The Kier molecular flexibility index (Phi) is 6.09. The fraction of sp³-hybridized carbons (Fsp3) is 0.429. The third-order valence-electron chi connectivity index (χ3n) is 3.37. The Hall–Kier alpha value is 0.0400. The summed E-state index contributed by atoms with van der Waals surface area (Å²) in [5.74, 6) is 0.605. The molecule has 3 atom stereocenters. The molecule has 1 aliphatic heterocycles. The van der Waals surface area contributed by atoms with E-state index in [-0.39, 0.29) is 0 Å². The van der Waals surface area contributed by atoms with E-state index in [2.05, 4.69) is 63.9 Å². The molecule has 98 valence electrons. The minimum Gasteiger partial charge on any atom is -0.347 e. The van der Waals surface area contributed by atoms with E-state index >= 15 is 0 Å². The number of halogens is 1. The molecule has 1 fully saturated rings. The third kappa shape index (κ3) is 4.02. The Labute approximate surface area is 124 Å². The van der Waals surface area contributed by atoms with Crippen LogP contribution in [0.3, 0.4) is 0 Å². The summed E-state index contributed by atoms with van der Waals surface area (Å²) in [6, 6.07) is 10.7. The lowest BCUT2D eigenvalue weighted by Crippen LogP contribution is -2.21. The normalized spacial score (nSPS) is 24.9. The summed E-state index contributed by atoms with van der Waals surface area (Å²) >= 11 is 2.31. The molecule has 2 nitrogen and oxygen atoms in total. The van der Waals surface area contributed by atoms with E-state index in [0.717, 1.165) is 26.1 Å². The first-order valence-electron chi connectivity index (χ1n) is 6.22. The molecule has 0 spiro atoms. The number of allylic oxidation sites excluding steroid dienone is 1. The van der Waals surface area contributed by atoms with E-state index in [1.54, 1.807) is 0 Å². The van der Waals surface area contributed by atoms with Gasteiger partial charge in [0.25, 0.3) is 0 Å². The number of hydrogen-bond donors (Lipinski definition) is 0. The molecular formula is C14H19INOP. The zero-order valence-corrected chi connectivity index (χ0v) is 13.5. The van der Waals surface area contributed by atoms with Crippen LogP contribution in [0.5, 0.6) is 0 Å². The summed E-state index contributed by atoms with van der Waals surface area (Å²) in [4.78, 5) is 2.49. The van der Waals surface area contributed by atoms with Gasteiger partial charge in [0.05, 0.1) is 12.6 Å². The predicted molar refractivity (Wildman–Crippen MR) is 87.2 cm³/mol. The van der Waals surface area contributed by atoms with Gasteiger partial charge in [-0.2, -0.15) is 0 Å². The maximum absolute atomic E-state index is 5.86. The smallest absolute Gasteiger partial charge is 0.0798 e. The number of hydrogen-bond acceptors (Lipinski definition) is 2. The molecule has 1 aliphatic rings. The molecule has 2 rings (SSSR count). The summed E-state index contributed by atoms with van der Waals surface area (Å²) < 4.78 is 5.86. The summed E-state index contributed by atoms with van der Waals surface area (Å²) in [5.41, 5.74) is 1.38. The first-order chi connectivity index (χ1) is 8.83. The van der Waals surface area contributed by atoms with Crippen molar-refractivity contribution in [1.82, 2.24) is 4.90 Å². The van der Waals surface area contributed by atoms with Crippen molar-refractivity contribution in [3.63, 3.8) is 0 Å². The van der Waals surface area contributed by atoms with Crippen molar-refractivity contribution in [2.45, 2.75) is 19.1 Å². The first-order valence-corrected chi connectivity index (χ1v) is 10.2. The van der Waals surface area contributed by atoms with Gasteiger partial charge in [-0.15, -0.1) is 6.58 Å². The highest BCUT2D eigenvalue weighted by Gasteiger charge is 2.32. The van der Waals surface area contributed by atoms with Crippen molar-refractivity contribution in [2.24, 2.45) is 5.92 Å². The van der Waals surface area contributed by atoms with Gasteiger partial charge in [-0.25, -0.2) is 0 Å². The largest absolute Gasteiger partial charge is 0.347 e. The van der Waals surface area contributed by atoms with Gasteiger partial charge in [0.1, 0.15) is 0 Å². The van der Waals surface area contributed by atoms with Crippen LogP contribution in [0.15, 0.2) is 43.0 Å². The third-order valence-corrected chi connectivity index (χ3v) is 4.53. The van der Waals surface area contributed by atoms with Crippen LogP contribution in [-0.2, 0) is 11.1 Å². The van der Waals surface area contributed by atoms with E-state index in [1.807, 2.05) is 6.08 Å². The van der Waals surface area contributed by atoms with Crippen molar-refractivity contribution >= 4 is 28.5 Å². The molecule has 18 heavy (non-hydrogen) atoms. The van der Waals surface area contributed by atoms with Crippen LogP contribution in [-0.4, -0.2) is 24.1 Å². The molecule has 0 aromatic heterocycles. The predicted octanol–water partition coefficient (Wildman–Crippen LogP) is 4.02. The van der Waals surface area contributed by atoms with Crippen molar-refractivity contribution < 1.29 is 4.52 Å². The summed E-state index contributed by atoms with van der Waals surface area (Å²) in [6.45, 7) is 7.59. The van der Waals surface area contributed by atoms with Gasteiger partial charge in [-0.3, -0.25) is 4.90 Å². The molecule has 1 heterocycles. The Morgan fingerprint density at radius 3 is 2.83 bits per heavy atom. The Morgan fingerprint density at radius 2 is 2.17 bits per heavy atom. The van der Waals surface area contributed by atoms with Crippen LogP contribution < -0.4 is 0 Å². The van der Waals surface area contributed by atoms with Crippen LogP contribution in [0.2, 0.25) is 0 Å². The molecule has 1 aromatic carbocycles. The molecule has 0 amide bonds. The van der Waals surface area contributed by atoms with Gasteiger partial charge in [0.15, 0.2) is 0 Å². The standard InChI is InChI=1S/C14H19INOP/c1-2-6-13-10-16(11-14(13)17-18-15)9-12-7-4-3-5-8-12/h2-5,7-8,13-14,18H,1,6,9-11H2. The number of benzene rings is 1. The molecular weight excluding hydrogens is 356 g/mol. The van der Waals surface area contributed by atoms with Gasteiger partial charge in [-0.05, 0) is 34.0 Å². The molecule has 1 saturated heterocycles. The summed E-state index contributed by atoms with van der Waals surface area (Å²) in [6.07, 6.45) is 3.45. The number of rotatable bonds is 6. The molecule has 3 unspecified atom stereocenters. The maximum Gasteiger partial charge on any atom is 0.0798 e. The average molecular weight is 375 g/mol. The van der Waals surface area contributed by atoms with Gasteiger partial charge < -0.3 is 4.52 Å². The highest BCUT2D eigenvalue weighted by atomic mass is 127. The highest BCUT2D eigenvalue weighted by molar-refractivity contribution is 14.2. The molecule has 1 aromatic rings. The zero-order chi connectivity index (χ0) is 12.8. The van der Waals surface area contributed by atoms with Gasteiger partial charge >= 0.3 is 0 Å². The van der Waals surface area contributed by atoms with Crippen LogP contribution in [0, 0.1) is 5.92 Å². The second-order valence-electron chi connectivity index (χ2n) is 4.70. The number of nitrogens with zero attached hydrogens (tertiary/aromatic N) is 1. The topological polar surface area (TPSA) is 12.5 Å². The van der Waals surface area contributed by atoms with E-state index in [0.29, 0.717) is 18.5 Å². The van der Waals surface area contributed by atoms with E-state index in [1.165, 1.54) is 5.56 Å². The molecule has 0 aliphatic carbocycles. The lowest BCUT2D eigenvalue weighted by Gasteiger charge is -2.15. The Balaban J connectivity index is 1.93. The number of likely N-dealkylation sites (tertiary alicyclic amines) is 1. The van der Waals surface area contributed by atoms with Crippen molar-refractivity contribution in [3.05, 3.63) is 48.6 Å². The molecule has 0 N–H and O–H groups in total. The Bertz CT molecular complexity index is 373. The average Bonchev–Trinajstić information content (AvgIpc) is 2.74. The van der Waals surface area contributed by atoms with Crippen molar-refractivity contribution in [1.29, 1.82) is 0 Å². The van der Waals surface area contributed by atoms with E-state index < -0.39 is 0 Å². The van der Waals surface area contributed by atoms with Crippen LogP contribution in [0.1, 0.15) is 12.0 Å². The maximum atomic E-state index is 5.86. The lowest BCUT2D eigenvalue weighted by atomic mass is 10.0. The second kappa shape index (κ2) is 7.59. The van der Waals surface area contributed by atoms with Gasteiger partial charge in [0, 0.05) is 25.6 Å². The second-order valence-corrected chi connectivity index (χ2v) is 6.41. The molecule has 0 saturated carbocycles. The highest BCUT2D eigenvalue weighted by Crippen LogP contribution is 2.33. The fourth-order valence-electron chi connectivity index (χ4n) is 2.53. The molecule has 0 bridgehead atoms. The van der Waals surface area contributed by atoms with Crippen molar-refractivity contribution in [3.8, 4) is 0 Å². The van der Waals surface area contributed by atoms with Crippen LogP contribution in [0.25, 0.3) is 0 Å². The fourth-order valence-corrected chi connectivity index (χ4v) is 3.89. The quantitative estimate of drug-likeness (QED) is 0.423. The summed E-state index contributed by atoms with van der Waals surface area (Å²) in [7, 11) is 0. The van der Waals surface area contributed by atoms with E-state index in [4.69, 9.17) is 4.52 Å². The van der Waals surface area contributed by atoms with Crippen LogP contribution in [0.4, 0.5) is 0 Å².